The third-order valence-electron chi connectivity index (χ3n) is 4.42. The van der Waals surface area contributed by atoms with E-state index in [1.807, 2.05) is 0 Å². The van der Waals surface area contributed by atoms with E-state index in [4.69, 9.17) is 0 Å². The second-order valence-corrected chi connectivity index (χ2v) is 8.27. The van der Waals surface area contributed by atoms with Crippen molar-refractivity contribution in [2.45, 2.75) is 30.7 Å². The summed E-state index contributed by atoms with van der Waals surface area (Å²) in [5, 5.41) is 5.37. The van der Waals surface area contributed by atoms with Gasteiger partial charge in [-0.25, -0.2) is 8.42 Å². The minimum atomic E-state index is -4.55. The Hall–Kier alpha value is -1.61. The van der Waals surface area contributed by atoms with Gasteiger partial charge in [0, 0.05) is 11.9 Å². The van der Waals surface area contributed by atoms with Crippen LogP contribution in [0.1, 0.15) is 24.0 Å². The highest BCUT2D eigenvalue weighted by Crippen LogP contribution is 2.35. The van der Waals surface area contributed by atoms with Crippen LogP contribution < -0.4 is 10.6 Å². The lowest BCUT2D eigenvalue weighted by Crippen LogP contribution is -2.55. The van der Waals surface area contributed by atoms with E-state index in [1.54, 1.807) is 0 Å². The molecule has 0 saturated carbocycles. The summed E-state index contributed by atoms with van der Waals surface area (Å²) in [6, 6.07) is 3.43. The van der Waals surface area contributed by atoms with Crippen molar-refractivity contribution in [2.24, 2.45) is 0 Å². The maximum absolute atomic E-state index is 13.0. The van der Waals surface area contributed by atoms with Crippen molar-refractivity contribution >= 4 is 21.4 Å². The fourth-order valence-corrected chi connectivity index (χ4v) is 4.24. The maximum atomic E-state index is 13.0. The van der Waals surface area contributed by atoms with Crippen molar-refractivity contribution in [3.63, 3.8) is 0 Å². The highest BCUT2D eigenvalue weighted by atomic mass is 32.2. The Morgan fingerprint density at radius 3 is 2.33 bits per heavy atom. The van der Waals surface area contributed by atoms with Gasteiger partial charge in [0.25, 0.3) is 0 Å². The van der Waals surface area contributed by atoms with E-state index < -0.39 is 32.2 Å². The zero-order chi connectivity index (χ0) is 18.2. The van der Waals surface area contributed by atoms with Crippen molar-refractivity contribution in [3.8, 4) is 0 Å². The van der Waals surface area contributed by atoms with Crippen LogP contribution in [0.4, 0.5) is 18.9 Å². The third-order valence-corrected chi connectivity index (χ3v) is 6.44. The standard InChI is InChI=1S/C15H19F3N2O3S/c1-10-11(15(16,17)18)4-3-5-12(10)20-13(21)14(24(2,22)23)6-8-19-9-7-14/h3-5,19H,6-9H2,1-2H3,(H,20,21). The summed E-state index contributed by atoms with van der Waals surface area (Å²) in [5.41, 5.74) is -1.04. The molecule has 1 amide bonds. The lowest BCUT2D eigenvalue weighted by Gasteiger charge is -2.34. The zero-order valence-corrected chi connectivity index (χ0v) is 14.1. The number of alkyl halides is 3. The molecule has 1 fully saturated rings. The third kappa shape index (κ3) is 3.41. The number of anilines is 1. The number of nitrogens with one attached hydrogen (secondary N) is 2. The molecule has 1 aromatic rings. The Bertz CT molecular complexity index is 739. The van der Waals surface area contributed by atoms with Crippen LogP contribution >= 0.6 is 0 Å². The molecule has 0 aromatic heterocycles. The monoisotopic (exact) mass is 364 g/mol. The Morgan fingerprint density at radius 1 is 1.25 bits per heavy atom. The number of piperidine rings is 1. The molecule has 5 nitrogen and oxygen atoms in total. The van der Waals surface area contributed by atoms with E-state index >= 15 is 0 Å². The van der Waals surface area contributed by atoms with E-state index in [2.05, 4.69) is 10.6 Å². The van der Waals surface area contributed by atoms with Crippen molar-refractivity contribution in [1.29, 1.82) is 0 Å². The molecule has 0 unspecified atom stereocenters. The summed E-state index contributed by atoms with van der Waals surface area (Å²) in [6.45, 7) is 1.94. The highest BCUT2D eigenvalue weighted by molar-refractivity contribution is 7.92. The number of halogens is 3. The molecule has 1 aliphatic rings. The summed E-state index contributed by atoms with van der Waals surface area (Å²) in [7, 11) is -3.73. The Kier molecular flexibility index (Phi) is 4.96. The Morgan fingerprint density at radius 2 is 1.83 bits per heavy atom. The van der Waals surface area contributed by atoms with Crippen molar-refractivity contribution in [2.75, 3.05) is 24.7 Å². The topological polar surface area (TPSA) is 75.3 Å². The number of carbonyl (C=O) groups is 1. The highest BCUT2D eigenvalue weighted by Gasteiger charge is 2.48. The van der Waals surface area contributed by atoms with Gasteiger partial charge >= 0.3 is 6.18 Å². The van der Waals surface area contributed by atoms with Gasteiger partial charge in [0.05, 0.1) is 5.56 Å². The van der Waals surface area contributed by atoms with Crippen molar-refractivity contribution in [1.82, 2.24) is 5.32 Å². The number of rotatable bonds is 3. The van der Waals surface area contributed by atoms with Crippen molar-refractivity contribution < 1.29 is 26.4 Å². The number of sulfone groups is 1. The summed E-state index contributed by atoms with van der Waals surface area (Å²) in [5.74, 6) is -0.783. The minimum Gasteiger partial charge on any atom is -0.324 e. The first kappa shape index (κ1) is 18.7. The number of benzene rings is 1. The molecule has 0 radical (unpaired) electrons. The summed E-state index contributed by atoms with van der Waals surface area (Å²) >= 11 is 0. The van der Waals surface area contributed by atoms with E-state index in [1.165, 1.54) is 19.1 Å². The molecular weight excluding hydrogens is 345 g/mol. The SMILES string of the molecule is Cc1c(NC(=O)C2(S(C)(=O)=O)CCNCC2)cccc1C(F)(F)F. The van der Waals surface area contributed by atoms with E-state index in [0.29, 0.717) is 13.1 Å². The van der Waals surface area contributed by atoms with Crippen molar-refractivity contribution in [3.05, 3.63) is 29.3 Å². The molecule has 0 bridgehead atoms. The van der Waals surface area contributed by atoms with Crippen LogP contribution in [0, 0.1) is 6.92 Å². The molecule has 0 spiro atoms. The first-order valence-corrected chi connectivity index (χ1v) is 9.27. The van der Waals surface area contributed by atoms with Gasteiger partial charge in [0.1, 0.15) is 0 Å². The Balaban J connectivity index is 2.38. The molecular formula is C15H19F3N2O3S. The predicted molar refractivity (Wildman–Crippen MR) is 84.5 cm³/mol. The lowest BCUT2D eigenvalue weighted by atomic mass is 9.95. The fourth-order valence-electron chi connectivity index (χ4n) is 2.91. The van der Waals surface area contributed by atoms with E-state index in [9.17, 15) is 26.4 Å². The van der Waals surface area contributed by atoms with E-state index in [-0.39, 0.29) is 24.1 Å². The van der Waals surface area contributed by atoms with Gasteiger partial charge in [-0.2, -0.15) is 13.2 Å². The number of hydrogen-bond acceptors (Lipinski definition) is 4. The fraction of sp³-hybridized carbons (Fsp3) is 0.533. The molecule has 0 aliphatic carbocycles. The molecule has 2 rings (SSSR count). The molecule has 2 N–H and O–H groups in total. The molecule has 1 aliphatic heterocycles. The largest absolute Gasteiger partial charge is 0.416 e. The van der Waals surface area contributed by atoms with Crippen LogP contribution in [0.25, 0.3) is 0 Å². The van der Waals surface area contributed by atoms with Gasteiger partial charge in [0.2, 0.25) is 5.91 Å². The molecule has 1 aromatic carbocycles. The van der Waals surface area contributed by atoms with E-state index in [0.717, 1.165) is 12.3 Å². The molecule has 1 heterocycles. The van der Waals surface area contributed by atoms with Crippen LogP contribution in [0.2, 0.25) is 0 Å². The summed E-state index contributed by atoms with van der Waals surface area (Å²) in [4.78, 5) is 12.7. The zero-order valence-electron chi connectivity index (χ0n) is 13.3. The number of amides is 1. The quantitative estimate of drug-likeness (QED) is 0.862. The van der Waals surface area contributed by atoms with Gasteiger partial charge in [-0.3, -0.25) is 4.79 Å². The summed E-state index contributed by atoms with van der Waals surface area (Å²) in [6.07, 6.45) is -3.41. The smallest absolute Gasteiger partial charge is 0.324 e. The lowest BCUT2D eigenvalue weighted by molar-refractivity contribution is -0.138. The van der Waals surface area contributed by atoms with Crippen LogP contribution in [0.15, 0.2) is 18.2 Å². The van der Waals surface area contributed by atoms with Crippen LogP contribution in [-0.2, 0) is 20.8 Å². The first-order chi connectivity index (χ1) is 11.0. The normalized spacial score (nSPS) is 18.2. The minimum absolute atomic E-state index is 0.0311. The average Bonchev–Trinajstić information content (AvgIpc) is 2.47. The van der Waals surface area contributed by atoms with Gasteiger partial charge in [-0.1, -0.05) is 6.07 Å². The first-order valence-electron chi connectivity index (χ1n) is 7.38. The van der Waals surface area contributed by atoms with Crippen LogP contribution in [-0.4, -0.2) is 38.4 Å². The van der Waals surface area contributed by atoms with Crippen LogP contribution in [0.3, 0.4) is 0 Å². The maximum Gasteiger partial charge on any atom is 0.416 e. The number of carbonyl (C=O) groups excluding carboxylic acids is 1. The summed E-state index contributed by atoms with van der Waals surface area (Å²) < 4.78 is 61.6. The molecule has 24 heavy (non-hydrogen) atoms. The number of hydrogen-bond donors (Lipinski definition) is 2. The van der Waals surface area contributed by atoms with Gasteiger partial charge in [-0.05, 0) is 50.6 Å². The second kappa shape index (κ2) is 6.36. The van der Waals surface area contributed by atoms with Crippen LogP contribution in [0.5, 0.6) is 0 Å². The molecule has 0 atom stereocenters. The average molecular weight is 364 g/mol. The van der Waals surface area contributed by atoms with Gasteiger partial charge in [-0.15, -0.1) is 0 Å². The molecule has 134 valence electrons. The second-order valence-electron chi connectivity index (χ2n) is 5.95. The van der Waals surface area contributed by atoms with Gasteiger partial charge in [0.15, 0.2) is 14.6 Å². The Labute approximate surface area is 138 Å². The predicted octanol–water partition coefficient (Wildman–Crippen LogP) is 2.12. The molecule has 1 saturated heterocycles. The van der Waals surface area contributed by atoms with Gasteiger partial charge < -0.3 is 10.6 Å². The molecule has 9 heteroatoms.